The maximum Gasteiger partial charge on any atom is 0.258 e. The summed E-state index contributed by atoms with van der Waals surface area (Å²) < 4.78 is 13.6. The fourth-order valence-electron chi connectivity index (χ4n) is 1.68. The van der Waals surface area contributed by atoms with E-state index in [9.17, 15) is 9.18 Å². The molecule has 0 saturated heterocycles. The van der Waals surface area contributed by atoms with Gasteiger partial charge in [0.25, 0.3) is 5.91 Å². The number of para-hydroxylation sites is 1. The molecule has 0 aromatic heterocycles. The molecule has 0 fully saturated rings. The van der Waals surface area contributed by atoms with E-state index in [1.807, 2.05) is 6.07 Å². The van der Waals surface area contributed by atoms with Gasteiger partial charge in [0.05, 0.1) is 5.56 Å². The molecule has 0 radical (unpaired) electrons. The molecule has 19 heavy (non-hydrogen) atoms. The summed E-state index contributed by atoms with van der Waals surface area (Å²) in [4.78, 5) is 12.0. The number of nitrogens with one attached hydrogen (secondary N) is 1. The van der Waals surface area contributed by atoms with Crippen LogP contribution in [0.3, 0.4) is 0 Å². The number of halogens is 2. The van der Waals surface area contributed by atoms with Crippen LogP contribution in [0.2, 0.25) is 5.02 Å². The van der Waals surface area contributed by atoms with Crippen LogP contribution >= 0.6 is 11.6 Å². The quantitative estimate of drug-likeness (QED) is 0.906. The molecule has 0 spiro atoms. The van der Waals surface area contributed by atoms with E-state index >= 15 is 0 Å². The Bertz CT molecular complexity index is 616. The van der Waals surface area contributed by atoms with Gasteiger partial charge < -0.3 is 11.1 Å². The first-order valence-corrected chi connectivity index (χ1v) is 6.04. The minimum Gasteiger partial charge on any atom is -0.326 e. The molecule has 0 aliphatic carbocycles. The van der Waals surface area contributed by atoms with Crippen molar-refractivity contribution in [3.63, 3.8) is 0 Å². The molecule has 0 aliphatic rings. The van der Waals surface area contributed by atoms with Crippen LogP contribution in [-0.4, -0.2) is 5.91 Å². The van der Waals surface area contributed by atoms with E-state index in [0.717, 1.165) is 11.6 Å². The van der Waals surface area contributed by atoms with E-state index in [0.29, 0.717) is 10.7 Å². The van der Waals surface area contributed by atoms with Crippen LogP contribution in [0.25, 0.3) is 0 Å². The number of hydrogen-bond acceptors (Lipinski definition) is 2. The van der Waals surface area contributed by atoms with Gasteiger partial charge >= 0.3 is 0 Å². The second kappa shape index (κ2) is 5.82. The number of anilines is 1. The molecule has 0 atom stereocenters. The molecule has 0 saturated carbocycles. The molecular formula is C14H12ClFN2O. The molecule has 2 rings (SSSR count). The fourth-order valence-corrected chi connectivity index (χ4v) is 1.85. The largest absolute Gasteiger partial charge is 0.326 e. The van der Waals surface area contributed by atoms with E-state index in [1.54, 1.807) is 18.2 Å². The summed E-state index contributed by atoms with van der Waals surface area (Å²) in [6.45, 7) is 0.286. The van der Waals surface area contributed by atoms with Gasteiger partial charge in [0.2, 0.25) is 0 Å². The van der Waals surface area contributed by atoms with Gasteiger partial charge in [0, 0.05) is 17.3 Å². The standard InChI is InChI=1S/C14H12ClFN2O/c15-10-5-6-12(16)11(7-10)14(19)18-13-4-2-1-3-9(13)8-17/h1-7H,8,17H2,(H,18,19). The van der Waals surface area contributed by atoms with Crippen LogP contribution in [0.15, 0.2) is 42.5 Å². The highest BCUT2D eigenvalue weighted by molar-refractivity contribution is 6.31. The first-order valence-electron chi connectivity index (χ1n) is 5.66. The Balaban J connectivity index is 2.28. The zero-order valence-electron chi connectivity index (χ0n) is 9.99. The van der Waals surface area contributed by atoms with Crippen molar-refractivity contribution in [2.45, 2.75) is 6.54 Å². The van der Waals surface area contributed by atoms with Crippen molar-refractivity contribution in [3.8, 4) is 0 Å². The fraction of sp³-hybridized carbons (Fsp3) is 0.0714. The molecule has 0 heterocycles. The second-order valence-electron chi connectivity index (χ2n) is 3.94. The topological polar surface area (TPSA) is 55.1 Å². The Morgan fingerprint density at radius 2 is 2.00 bits per heavy atom. The molecule has 98 valence electrons. The number of rotatable bonds is 3. The van der Waals surface area contributed by atoms with Crippen LogP contribution in [0.4, 0.5) is 10.1 Å². The number of nitrogens with two attached hydrogens (primary N) is 1. The van der Waals surface area contributed by atoms with Gasteiger partial charge in [-0.25, -0.2) is 4.39 Å². The van der Waals surface area contributed by atoms with Crippen molar-refractivity contribution in [2.24, 2.45) is 5.73 Å². The molecule has 0 unspecified atom stereocenters. The third-order valence-corrected chi connectivity index (χ3v) is 2.89. The summed E-state index contributed by atoms with van der Waals surface area (Å²) in [5, 5.41) is 2.93. The van der Waals surface area contributed by atoms with Crippen LogP contribution in [-0.2, 0) is 6.54 Å². The average Bonchev–Trinajstić information content (AvgIpc) is 2.42. The lowest BCUT2D eigenvalue weighted by molar-refractivity contribution is 0.102. The van der Waals surface area contributed by atoms with Crippen LogP contribution in [0.1, 0.15) is 15.9 Å². The molecular weight excluding hydrogens is 267 g/mol. The molecule has 2 aromatic carbocycles. The second-order valence-corrected chi connectivity index (χ2v) is 4.38. The monoisotopic (exact) mass is 278 g/mol. The highest BCUT2D eigenvalue weighted by atomic mass is 35.5. The minimum atomic E-state index is -0.618. The van der Waals surface area contributed by atoms with Crippen molar-refractivity contribution >= 4 is 23.2 Å². The highest BCUT2D eigenvalue weighted by Gasteiger charge is 2.13. The highest BCUT2D eigenvalue weighted by Crippen LogP contribution is 2.19. The molecule has 3 N–H and O–H groups in total. The van der Waals surface area contributed by atoms with Crippen molar-refractivity contribution in [3.05, 3.63) is 64.4 Å². The Morgan fingerprint density at radius 1 is 1.26 bits per heavy atom. The molecule has 0 aliphatic heterocycles. The van der Waals surface area contributed by atoms with Gasteiger partial charge in [-0.05, 0) is 29.8 Å². The van der Waals surface area contributed by atoms with Gasteiger partial charge in [-0.2, -0.15) is 0 Å². The van der Waals surface area contributed by atoms with Crippen molar-refractivity contribution in [1.82, 2.24) is 0 Å². The van der Waals surface area contributed by atoms with Gasteiger partial charge in [0.15, 0.2) is 0 Å². The zero-order chi connectivity index (χ0) is 13.8. The van der Waals surface area contributed by atoms with Crippen LogP contribution < -0.4 is 11.1 Å². The Hall–Kier alpha value is -1.91. The maximum atomic E-state index is 13.6. The predicted molar refractivity (Wildman–Crippen MR) is 73.7 cm³/mol. The smallest absolute Gasteiger partial charge is 0.258 e. The normalized spacial score (nSPS) is 10.3. The SMILES string of the molecule is NCc1ccccc1NC(=O)c1cc(Cl)ccc1F. The lowest BCUT2D eigenvalue weighted by atomic mass is 10.1. The number of amides is 1. The minimum absolute atomic E-state index is 0.0978. The molecule has 3 nitrogen and oxygen atoms in total. The van der Waals surface area contributed by atoms with Gasteiger partial charge in [-0.3, -0.25) is 4.79 Å². The van der Waals surface area contributed by atoms with E-state index in [4.69, 9.17) is 17.3 Å². The van der Waals surface area contributed by atoms with Crippen molar-refractivity contribution < 1.29 is 9.18 Å². The Morgan fingerprint density at radius 3 is 2.74 bits per heavy atom. The molecule has 1 amide bonds. The van der Waals surface area contributed by atoms with Gasteiger partial charge in [-0.1, -0.05) is 29.8 Å². The maximum absolute atomic E-state index is 13.6. The summed E-state index contributed by atoms with van der Waals surface area (Å²) in [5.41, 5.74) is 6.82. The van der Waals surface area contributed by atoms with E-state index < -0.39 is 11.7 Å². The third kappa shape index (κ3) is 3.10. The summed E-state index contributed by atoms with van der Waals surface area (Å²) in [6, 6.07) is 10.9. The Labute approximate surface area is 115 Å². The summed E-state index contributed by atoms with van der Waals surface area (Å²) in [5.74, 6) is -1.17. The third-order valence-electron chi connectivity index (χ3n) is 2.66. The molecule has 5 heteroatoms. The summed E-state index contributed by atoms with van der Waals surface area (Å²) >= 11 is 5.76. The van der Waals surface area contributed by atoms with E-state index in [-0.39, 0.29) is 12.1 Å². The molecule has 0 bridgehead atoms. The zero-order valence-corrected chi connectivity index (χ0v) is 10.7. The summed E-state index contributed by atoms with van der Waals surface area (Å²) in [6.07, 6.45) is 0. The van der Waals surface area contributed by atoms with E-state index in [1.165, 1.54) is 12.1 Å². The average molecular weight is 279 g/mol. The lowest BCUT2D eigenvalue weighted by Crippen LogP contribution is -2.15. The van der Waals surface area contributed by atoms with Crippen LogP contribution in [0, 0.1) is 5.82 Å². The number of benzene rings is 2. The van der Waals surface area contributed by atoms with Gasteiger partial charge in [0.1, 0.15) is 5.82 Å². The number of hydrogen-bond donors (Lipinski definition) is 2. The van der Waals surface area contributed by atoms with Crippen molar-refractivity contribution in [2.75, 3.05) is 5.32 Å². The number of carbonyl (C=O) groups excluding carboxylic acids is 1. The first-order chi connectivity index (χ1) is 9.11. The first kappa shape index (κ1) is 13.5. The Kier molecular flexibility index (Phi) is 4.14. The number of carbonyl (C=O) groups is 1. The van der Waals surface area contributed by atoms with Crippen LogP contribution in [0.5, 0.6) is 0 Å². The summed E-state index contributed by atoms with van der Waals surface area (Å²) in [7, 11) is 0. The van der Waals surface area contributed by atoms with Crippen molar-refractivity contribution in [1.29, 1.82) is 0 Å². The van der Waals surface area contributed by atoms with E-state index in [2.05, 4.69) is 5.32 Å². The van der Waals surface area contributed by atoms with Gasteiger partial charge in [-0.15, -0.1) is 0 Å². The predicted octanol–water partition coefficient (Wildman–Crippen LogP) is 3.19. The molecule has 2 aromatic rings. The lowest BCUT2D eigenvalue weighted by Gasteiger charge is -2.10.